The lowest BCUT2D eigenvalue weighted by atomic mass is 9.93. The van der Waals surface area contributed by atoms with Crippen molar-refractivity contribution in [3.63, 3.8) is 0 Å². The predicted octanol–water partition coefficient (Wildman–Crippen LogP) is 0.391. The molecule has 6 heteroatoms. The van der Waals surface area contributed by atoms with E-state index in [1.165, 1.54) is 10.9 Å². The molecule has 1 aromatic heterocycles. The molecule has 0 aromatic carbocycles. The molecule has 0 atom stereocenters. The fourth-order valence-electron chi connectivity index (χ4n) is 2.26. The largest absolute Gasteiger partial charge is 0.365 e. The molecule has 2 heterocycles. The highest BCUT2D eigenvalue weighted by molar-refractivity contribution is 6.05. The van der Waals surface area contributed by atoms with Gasteiger partial charge in [0.15, 0.2) is 5.69 Å². The summed E-state index contributed by atoms with van der Waals surface area (Å²) >= 11 is 0. The number of carbonyl (C=O) groups excluding carboxylic acids is 2. The van der Waals surface area contributed by atoms with Crippen LogP contribution in [0.2, 0.25) is 0 Å². The van der Waals surface area contributed by atoms with Crippen LogP contribution in [-0.2, 0) is 7.05 Å². The molecule has 0 unspecified atom stereocenters. The Labute approximate surface area is 106 Å². The van der Waals surface area contributed by atoms with Crippen molar-refractivity contribution in [2.75, 3.05) is 13.1 Å². The molecule has 1 saturated heterocycles. The number of likely N-dealkylation sites (tertiary alicyclic amines) is 1. The molecule has 0 saturated carbocycles. The molecule has 98 valence electrons. The summed E-state index contributed by atoms with van der Waals surface area (Å²) in [5.74, 6) is -0.833. The van der Waals surface area contributed by atoms with Gasteiger partial charge in [-0.05, 0) is 11.8 Å². The summed E-state index contributed by atoms with van der Waals surface area (Å²) < 4.78 is 1.44. The summed E-state index contributed by atoms with van der Waals surface area (Å²) in [4.78, 5) is 25.3. The molecule has 0 spiro atoms. The van der Waals surface area contributed by atoms with Crippen LogP contribution in [0.5, 0.6) is 0 Å². The molecule has 1 fully saturated rings. The summed E-state index contributed by atoms with van der Waals surface area (Å²) in [6.07, 6.45) is 2.44. The quantitative estimate of drug-likeness (QED) is 0.824. The van der Waals surface area contributed by atoms with Crippen LogP contribution in [0.15, 0.2) is 6.20 Å². The van der Waals surface area contributed by atoms with Gasteiger partial charge in [-0.15, -0.1) is 0 Å². The lowest BCUT2D eigenvalue weighted by Gasteiger charge is -2.19. The molecular formula is C12H18N4O2. The van der Waals surface area contributed by atoms with Gasteiger partial charge < -0.3 is 10.6 Å². The predicted molar refractivity (Wildman–Crippen MR) is 66.0 cm³/mol. The third-order valence-corrected chi connectivity index (χ3v) is 3.26. The Morgan fingerprint density at radius 2 is 2.11 bits per heavy atom. The number of rotatable bonds is 2. The third kappa shape index (κ3) is 2.23. The van der Waals surface area contributed by atoms with Gasteiger partial charge in [0.25, 0.3) is 11.8 Å². The first kappa shape index (κ1) is 12.6. The summed E-state index contributed by atoms with van der Waals surface area (Å²) in [5, 5.41) is 4.05. The second-order valence-corrected chi connectivity index (χ2v) is 5.57. The summed E-state index contributed by atoms with van der Waals surface area (Å²) in [6.45, 7) is 5.61. The number of amides is 2. The van der Waals surface area contributed by atoms with Crippen molar-refractivity contribution in [3.8, 4) is 0 Å². The van der Waals surface area contributed by atoms with E-state index in [9.17, 15) is 9.59 Å². The third-order valence-electron chi connectivity index (χ3n) is 3.26. The molecule has 1 aliphatic rings. The maximum atomic E-state index is 12.3. The second kappa shape index (κ2) is 4.12. The fourth-order valence-corrected chi connectivity index (χ4v) is 2.26. The van der Waals surface area contributed by atoms with Crippen LogP contribution < -0.4 is 5.73 Å². The van der Waals surface area contributed by atoms with E-state index >= 15 is 0 Å². The molecule has 2 N–H and O–H groups in total. The first-order valence-corrected chi connectivity index (χ1v) is 5.93. The minimum absolute atomic E-state index is 0.122. The highest BCUT2D eigenvalue weighted by Crippen LogP contribution is 2.29. The minimum Gasteiger partial charge on any atom is -0.365 e. The van der Waals surface area contributed by atoms with Crippen molar-refractivity contribution >= 4 is 11.8 Å². The average molecular weight is 250 g/mol. The molecule has 1 aromatic rings. The number of aryl methyl sites for hydroxylation is 1. The molecular weight excluding hydrogens is 232 g/mol. The van der Waals surface area contributed by atoms with Crippen molar-refractivity contribution in [1.29, 1.82) is 0 Å². The van der Waals surface area contributed by atoms with Crippen LogP contribution >= 0.6 is 0 Å². The first-order valence-electron chi connectivity index (χ1n) is 5.93. The van der Waals surface area contributed by atoms with E-state index in [0.29, 0.717) is 13.1 Å². The highest BCUT2D eigenvalue weighted by Gasteiger charge is 2.34. The molecule has 6 nitrogen and oxygen atoms in total. The van der Waals surface area contributed by atoms with E-state index in [1.807, 2.05) is 0 Å². The number of hydrogen-bond donors (Lipinski definition) is 1. The fraction of sp³-hybridized carbons (Fsp3) is 0.583. The molecule has 0 aliphatic carbocycles. The van der Waals surface area contributed by atoms with Crippen molar-refractivity contribution in [2.45, 2.75) is 20.3 Å². The Morgan fingerprint density at radius 3 is 2.61 bits per heavy atom. The maximum absolute atomic E-state index is 12.3. The standard InChI is InChI=1S/C12H18N4O2/c1-12(2)4-5-16(7-12)11(18)9-8(10(13)17)6-15(3)14-9/h6H,4-5,7H2,1-3H3,(H2,13,17). The Hall–Kier alpha value is -1.85. The van der Waals surface area contributed by atoms with E-state index in [4.69, 9.17) is 5.73 Å². The maximum Gasteiger partial charge on any atom is 0.275 e. The topological polar surface area (TPSA) is 81.2 Å². The minimum atomic E-state index is -0.620. The van der Waals surface area contributed by atoms with Crippen molar-refractivity contribution in [1.82, 2.24) is 14.7 Å². The van der Waals surface area contributed by atoms with Gasteiger partial charge in [0.1, 0.15) is 0 Å². The Bertz CT molecular complexity index is 504. The van der Waals surface area contributed by atoms with E-state index in [1.54, 1.807) is 11.9 Å². The van der Waals surface area contributed by atoms with Crippen LogP contribution in [0, 0.1) is 5.41 Å². The molecule has 2 rings (SSSR count). The van der Waals surface area contributed by atoms with Gasteiger partial charge in [0.2, 0.25) is 0 Å². The van der Waals surface area contributed by atoms with Gasteiger partial charge in [-0.1, -0.05) is 13.8 Å². The van der Waals surface area contributed by atoms with E-state index in [0.717, 1.165) is 6.42 Å². The second-order valence-electron chi connectivity index (χ2n) is 5.57. The van der Waals surface area contributed by atoms with Crippen LogP contribution in [0.25, 0.3) is 0 Å². The van der Waals surface area contributed by atoms with Crippen molar-refractivity contribution < 1.29 is 9.59 Å². The van der Waals surface area contributed by atoms with E-state index in [2.05, 4.69) is 18.9 Å². The number of nitrogens with two attached hydrogens (primary N) is 1. The lowest BCUT2D eigenvalue weighted by molar-refractivity contribution is 0.0766. The first-order chi connectivity index (χ1) is 8.30. The summed E-state index contributed by atoms with van der Waals surface area (Å²) in [7, 11) is 1.66. The molecule has 0 bridgehead atoms. The zero-order valence-electron chi connectivity index (χ0n) is 10.9. The number of aromatic nitrogens is 2. The lowest BCUT2D eigenvalue weighted by Crippen LogP contribution is -2.32. The van der Waals surface area contributed by atoms with Gasteiger partial charge in [-0.2, -0.15) is 5.10 Å². The number of carbonyl (C=O) groups is 2. The van der Waals surface area contributed by atoms with E-state index in [-0.39, 0.29) is 22.6 Å². The van der Waals surface area contributed by atoms with Crippen LogP contribution in [0.4, 0.5) is 0 Å². The zero-order valence-corrected chi connectivity index (χ0v) is 10.9. The Kier molecular flexibility index (Phi) is 2.88. The summed E-state index contributed by atoms with van der Waals surface area (Å²) in [5.41, 5.74) is 5.72. The van der Waals surface area contributed by atoms with Crippen LogP contribution in [0.3, 0.4) is 0 Å². The van der Waals surface area contributed by atoms with Gasteiger partial charge >= 0.3 is 0 Å². The van der Waals surface area contributed by atoms with Crippen LogP contribution in [-0.4, -0.2) is 39.6 Å². The Balaban J connectivity index is 2.27. The van der Waals surface area contributed by atoms with Gasteiger partial charge in [0, 0.05) is 26.3 Å². The molecule has 2 amide bonds. The average Bonchev–Trinajstić information content (AvgIpc) is 2.80. The Morgan fingerprint density at radius 1 is 1.44 bits per heavy atom. The van der Waals surface area contributed by atoms with Crippen molar-refractivity contribution in [3.05, 3.63) is 17.5 Å². The molecule has 1 aliphatic heterocycles. The summed E-state index contributed by atoms with van der Waals surface area (Å²) in [6, 6.07) is 0. The number of hydrogen-bond acceptors (Lipinski definition) is 3. The van der Waals surface area contributed by atoms with Gasteiger partial charge in [-0.25, -0.2) is 0 Å². The molecule has 0 radical (unpaired) electrons. The number of nitrogens with zero attached hydrogens (tertiary/aromatic N) is 3. The van der Waals surface area contributed by atoms with Gasteiger partial charge in [-0.3, -0.25) is 14.3 Å². The van der Waals surface area contributed by atoms with Gasteiger partial charge in [0.05, 0.1) is 5.56 Å². The van der Waals surface area contributed by atoms with Crippen LogP contribution in [0.1, 0.15) is 41.1 Å². The smallest absolute Gasteiger partial charge is 0.275 e. The zero-order chi connectivity index (χ0) is 13.5. The van der Waals surface area contributed by atoms with Crippen molar-refractivity contribution in [2.24, 2.45) is 18.2 Å². The van der Waals surface area contributed by atoms with E-state index < -0.39 is 5.91 Å². The monoisotopic (exact) mass is 250 g/mol. The SMILES string of the molecule is Cn1cc(C(N)=O)c(C(=O)N2CCC(C)(C)C2)n1. The highest BCUT2D eigenvalue weighted by atomic mass is 16.2. The molecule has 18 heavy (non-hydrogen) atoms. The number of primary amides is 1. The normalized spacial score (nSPS) is 18.1.